The molecule has 0 saturated carbocycles. The molecule has 0 spiro atoms. The van der Waals surface area contributed by atoms with Crippen molar-refractivity contribution in [3.63, 3.8) is 0 Å². The van der Waals surface area contributed by atoms with E-state index in [4.69, 9.17) is 14.6 Å². The third kappa shape index (κ3) is 1.46. The Balaban J connectivity index is 2.74. The first-order valence-corrected chi connectivity index (χ1v) is 4.75. The van der Waals surface area contributed by atoms with Gasteiger partial charge in [-0.25, -0.2) is 4.79 Å². The summed E-state index contributed by atoms with van der Waals surface area (Å²) in [5, 5.41) is 8.94. The van der Waals surface area contributed by atoms with Gasteiger partial charge < -0.3 is 14.6 Å². The first-order chi connectivity index (χ1) is 7.15. The van der Waals surface area contributed by atoms with Crippen LogP contribution in [0.3, 0.4) is 0 Å². The van der Waals surface area contributed by atoms with E-state index in [1.54, 1.807) is 0 Å². The second-order valence-electron chi connectivity index (χ2n) is 2.81. The summed E-state index contributed by atoms with van der Waals surface area (Å²) in [5.41, 5.74) is 0.229. The van der Waals surface area contributed by atoms with Crippen LogP contribution in [0.1, 0.15) is 20.7 Å². The largest absolute Gasteiger partial charge is 0.478 e. The van der Waals surface area contributed by atoms with Gasteiger partial charge in [-0.3, -0.25) is 4.79 Å². The molecule has 78 valence electrons. The van der Waals surface area contributed by atoms with Gasteiger partial charge in [0.2, 0.25) is 6.79 Å². The molecule has 0 fully saturated rings. The fourth-order valence-corrected chi connectivity index (χ4v) is 1.94. The molecule has 0 bridgehead atoms. The van der Waals surface area contributed by atoms with Crippen LogP contribution in [0.4, 0.5) is 0 Å². The van der Waals surface area contributed by atoms with Gasteiger partial charge in [-0.1, -0.05) is 0 Å². The van der Waals surface area contributed by atoms with Crippen LogP contribution in [0.5, 0.6) is 11.5 Å². The van der Waals surface area contributed by atoms with E-state index >= 15 is 0 Å². The Labute approximate surface area is 92.7 Å². The van der Waals surface area contributed by atoms with Crippen molar-refractivity contribution in [2.75, 3.05) is 6.79 Å². The number of carbonyl (C=O) groups is 2. The van der Waals surface area contributed by atoms with E-state index in [1.807, 2.05) is 0 Å². The van der Waals surface area contributed by atoms with Crippen LogP contribution in [0.2, 0.25) is 0 Å². The monoisotopic (exact) mass is 272 g/mol. The second kappa shape index (κ2) is 3.54. The van der Waals surface area contributed by atoms with Gasteiger partial charge in [0, 0.05) is 4.47 Å². The van der Waals surface area contributed by atoms with Crippen LogP contribution in [-0.2, 0) is 0 Å². The van der Waals surface area contributed by atoms with Crippen molar-refractivity contribution in [1.29, 1.82) is 0 Å². The van der Waals surface area contributed by atoms with Gasteiger partial charge in [0.05, 0.1) is 5.56 Å². The summed E-state index contributed by atoms with van der Waals surface area (Å²) in [4.78, 5) is 21.6. The summed E-state index contributed by atoms with van der Waals surface area (Å²) >= 11 is 3.07. The average Bonchev–Trinajstić information content (AvgIpc) is 2.63. The minimum absolute atomic E-state index is 0.0342. The number of aldehydes is 1. The molecule has 0 aromatic heterocycles. The third-order valence-corrected chi connectivity index (χ3v) is 2.59. The van der Waals surface area contributed by atoms with E-state index in [0.717, 1.165) is 0 Å². The topological polar surface area (TPSA) is 72.8 Å². The fourth-order valence-electron chi connectivity index (χ4n) is 1.35. The standard InChI is InChI=1S/C9H5BrO5/c10-5-1-4(2-11)7-8(15-3-14-7)6(5)9(12)13/h1-2H,3H2,(H,12,13). The van der Waals surface area contributed by atoms with Gasteiger partial charge in [0.15, 0.2) is 17.8 Å². The Morgan fingerprint density at radius 3 is 2.73 bits per heavy atom. The van der Waals surface area contributed by atoms with E-state index in [0.29, 0.717) is 10.8 Å². The van der Waals surface area contributed by atoms with Crippen molar-refractivity contribution in [1.82, 2.24) is 0 Å². The number of carbonyl (C=O) groups excluding carboxylic acids is 1. The lowest BCUT2D eigenvalue weighted by Crippen LogP contribution is -2.01. The zero-order chi connectivity index (χ0) is 11.0. The number of ether oxygens (including phenoxy) is 2. The first-order valence-electron chi connectivity index (χ1n) is 3.95. The molecule has 2 rings (SSSR count). The molecular formula is C9H5BrO5. The molecule has 0 amide bonds. The Kier molecular flexibility index (Phi) is 2.36. The van der Waals surface area contributed by atoms with Gasteiger partial charge in [-0.2, -0.15) is 0 Å². The molecule has 5 nitrogen and oxygen atoms in total. The van der Waals surface area contributed by atoms with E-state index in [1.165, 1.54) is 6.07 Å². The normalized spacial score (nSPS) is 12.6. The zero-order valence-corrected chi connectivity index (χ0v) is 8.91. The number of carboxylic acids is 1. The summed E-state index contributed by atoms with van der Waals surface area (Å²) in [7, 11) is 0. The van der Waals surface area contributed by atoms with Gasteiger partial charge in [0.25, 0.3) is 0 Å². The SMILES string of the molecule is O=Cc1cc(Br)c(C(=O)O)c2c1OCO2. The minimum Gasteiger partial charge on any atom is -0.478 e. The van der Waals surface area contributed by atoms with Crippen LogP contribution in [0, 0.1) is 0 Å². The summed E-state index contributed by atoms with van der Waals surface area (Å²) in [6.07, 6.45) is 0.587. The summed E-state index contributed by atoms with van der Waals surface area (Å²) < 4.78 is 10.3. The van der Waals surface area contributed by atoms with Crippen molar-refractivity contribution >= 4 is 28.2 Å². The number of fused-ring (bicyclic) bond motifs is 1. The molecule has 1 aliphatic heterocycles. The third-order valence-electron chi connectivity index (χ3n) is 1.96. The van der Waals surface area contributed by atoms with Crippen LogP contribution in [0.25, 0.3) is 0 Å². The summed E-state index contributed by atoms with van der Waals surface area (Å²) in [6.45, 7) is -0.0765. The maximum absolute atomic E-state index is 10.9. The quantitative estimate of drug-likeness (QED) is 0.830. The molecular weight excluding hydrogens is 268 g/mol. The number of halogens is 1. The molecule has 0 aliphatic carbocycles. The molecule has 1 aliphatic rings. The van der Waals surface area contributed by atoms with Gasteiger partial charge >= 0.3 is 5.97 Å². The van der Waals surface area contributed by atoms with Crippen LogP contribution in [-0.4, -0.2) is 24.2 Å². The Hall–Kier alpha value is -1.56. The van der Waals surface area contributed by atoms with Crippen LogP contribution >= 0.6 is 15.9 Å². The molecule has 1 heterocycles. The van der Waals surface area contributed by atoms with Gasteiger partial charge in [-0.15, -0.1) is 0 Å². The highest BCUT2D eigenvalue weighted by molar-refractivity contribution is 9.10. The fraction of sp³-hybridized carbons (Fsp3) is 0.111. The van der Waals surface area contributed by atoms with Crippen molar-refractivity contribution in [2.45, 2.75) is 0 Å². The number of rotatable bonds is 2. The molecule has 1 aromatic carbocycles. The molecule has 0 saturated heterocycles. The lowest BCUT2D eigenvalue weighted by molar-refractivity contribution is 0.0691. The molecule has 15 heavy (non-hydrogen) atoms. The first kappa shape index (κ1) is 9.97. The zero-order valence-electron chi connectivity index (χ0n) is 7.32. The van der Waals surface area contributed by atoms with Crippen molar-refractivity contribution in [2.24, 2.45) is 0 Å². The number of benzene rings is 1. The maximum Gasteiger partial charge on any atom is 0.340 e. The second-order valence-corrected chi connectivity index (χ2v) is 3.66. The number of aromatic carboxylic acids is 1. The lowest BCUT2D eigenvalue weighted by atomic mass is 10.1. The number of hydrogen-bond acceptors (Lipinski definition) is 4. The highest BCUT2D eigenvalue weighted by atomic mass is 79.9. The molecule has 6 heteroatoms. The smallest absolute Gasteiger partial charge is 0.340 e. The molecule has 0 radical (unpaired) electrons. The van der Waals surface area contributed by atoms with E-state index in [9.17, 15) is 9.59 Å². The highest BCUT2D eigenvalue weighted by Gasteiger charge is 2.27. The molecule has 1 N–H and O–H groups in total. The van der Waals surface area contributed by atoms with Crippen LogP contribution < -0.4 is 9.47 Å². The van der Waals surface area contributed by atoms with Gasteiger partial charge in [0.1, 0.15) is 5.56 Å². The Morgan fingerprint density at radius 2 is 2.13 bits per heavy atom. The van der Waals surface area contributed by atoms with Gasteiger partial charge in [-0.05, 0) is 22.0 Å². The summed E-state index contributed by atoms with van der Waals surface area (Å²) in [6, 6.07) is 1.39. The van der Waals surface area contributed by atoms with Crippen molar-refractivity contribution in [3.8, 4) is 11.5 Å². The predicted molar refractivity (Wildman–Crippen MR) is 52.6 cm³/mol. The Morgan fingerprint density at radius 1 is 1.47 bits per heavy atom. The van der Waals surface area contributed by atoms with Crippen LogP contribution in [0.15, 0.2) is 10.5 Å². The molecule has 0 atom stereocenters. The van der Waals surface area contributed by atoms with E-state index in [-0.39, 0.29) is 29.4 Å². The number of carboxylic acid groups (broad SMARTS) is 1. The molecule has 1 aromatic rings. The van der Waals surface area contributed by atoms with Crippen molar-refractivity contribution < 1.29 is 24.2 Å². The summed E-state index contributed by atoms with van der Waals surface area (Å²) in [5.74, 6) is -0.856. The van der Waals surface area contributed by atoms with E-state index < -0.39 is 5.97 Å². The number of hydrogen-bond donors (Lipinski definition) is 1. The maximum atomic E-state index is 10.9. The van der Waals surface area contributed by atoms with E-state index in [2.05, 4.69) is 15.9 Å². The minimum atomic E-state index is -1.14. The van der Waals surface area contributed by atoms with Crippen molar-refractivity contribution in [3.05, 3.63) is 21.7 Å². The lowest BCUT2D eigenvalue weighted by Gasteiger charge is -2.05. The average molecular weight is 273 g/mol. The highest BCUT2D eigenvalue weighted by Crippen LogP contribution is 2.42. The molecule has 0 unspecified atom stereocenters. The predicted octanol–water partition coefficient (Wildman–Crippen LogP) is 1.69. The Bertz CT molecular complexity index is 454.